The van der Waals surface area contributed by atoms with E-state index in [-0.39, 0.29) is 11.6 Å². The van der Waals surface area contributed by atoms with Gasteiger partial charge in [-0.2, -0.15) is 0 Å². The molecule has 28 heavy (non-hydrogen) atoms. The lowest BCUT2D eigenvalue weighted by Crippen LogP contribution is -2.45. The van der Waals surface area contributed by atoms with Crippen molar-refractivity contribution in [2.45, 2.75) is 26.8 Å². The van der Waals surface area contributed by atoms with E-state index in [1.165, 1.54) is 24.3 Å². The van der Waals surface area contributed by atoms with E-state index in [0.29, 0.717) is 22.5 Å². The molecule has 1 aliphatic heterocycles. The van der Waals surface area contributed by atoms with Crippen molar-refractivity contribution in [1.29, 1.82) is 0 Å². The minimum absolute atomic E-state index is 0.0640. The number of nitro groups is 1. The molecule has 0 saturated carbocycles. The smallest absolute Gasteiger partial charge is 0.319 e. The van der Waals surface area contributed by atoms with Crippen molar-refractivity contribution < 1.29 is 14.5 Å². The van der Waals surface area contributed by atoms with Gasteiger partial charge in [-0.1, -0.05) is 6.07 Å². The molecule has 0 fully saturated rings. The second kappa shape index (κ2) is 7.51. The number of allylic oxidation sites excluding steroid dienone is 1. The summed E-state index contributed by atoms with van der Waals surface area (Å²) in [6.07, 6.45) is 0. The van der Waals surface area contributed by atoms with E-state index in [0.717, 1.165) is 11.1 Å². The van der Waals surface area contributed by atoms with Crippen molar-refractivity contribution in [3.8, 4) is 0 Å². The van der Waals surface area contributed by atoms with E-state index in [4.69, 9.17) is 0 Å². The number of hydrogen-bond donors (Lipinski definition) is 3. The number of nitrogens with zero attached hydrogens (tertiary/aromatic N) is 1. The SMILES string of the molecule is CC1=C(C(=O)Nc2ccc(C)c(C)c2)[C@@H](c2ccc([N+](=O)[O-])cc2)NC(=O)N1. The zero-order valence-corrected chi connectivity index (χ0v) is 15.7. The molecule has 1 aliphatic rings. The van der Waals surface area contributed by atoms with Crippen molar-refractivity contribution in [2.75, 3.05) is 5.32 Å². The number of amides is 3. The number of nitrogens with one attached hydrogen (secondary N) is 3. The molecule has 0 unspecified atom stereocenters. The van der Waals surface area contributed by atoms with Crippen molar-refractivity contribution in [2.24, 2.45) is 0 Å². The number of carbonyl (C=O) groups excluding carboxylic acids is 2. The molecular formula is C20H20N4O4. The molecule has 3 N–H and O–H groups in total. The van der Waals surface area contributed by atoms with Crippen LogP contribution in [0.5, 0.6) is 0 Å². The van der Waals surface area contributed by atoms with Gasteiger partial charge < -0.3 is 16.0 Å². The van der Waals surface area contributed by atoms with Crippen LogP contribution in [-0.4, -0.2) is 16.9 Å². The van der Waals surface area contributed by atoms with E-state index in [1.807, 2.05) is 32.0 Å². The Balaban J connectivity index is 1.93. The van der Waals surface area contributed by atoms with Crippen LogP contribution >= 0.6 is 0 Å². The largest absolute Gasteiger partial charge is 0.327 e. The monoisotopic (exact) mass is 380 g/mol. The molecule has 0 spiro atoms. The number of nitro benzene ring substituents is 1. The summed E-state index contributed by atoms with van der Waals surface area (Å²) in [6, 6.07) is 10.2. The highest BCUT2D eigenvalue weighted by molar-refractivity contribution is 6.06. The molecule has 1 heterocycles. The summed E-state index contributed by atoms with van der Waals surface area (Å²) in [7, 11) is 0. The Hall–Kier alpha value is -3.68. The number of non-ortho nitro benzene ring substituents is 1. The number of benzene rings is 2. The Kier molecular flexibility index (Phi) is 5.12. The highest BCUT2D eigenvalue weighted by Gasteiger charge is 2.31. The second-order valence-corrected chi connectivity index (χ2v) is 6.67. The lowest BCUT2D eigenvalue weighted by molar-refractivity contribution is -0.384. The molecule has 3 amide bonds. The van der Waals surface area contributed by atoms with Crippen molar-refractivity contribution in [3.63, 3.8) is 0 Å². The molecule has 0 bridgehead atoms. The number of carbonyl (C=O) groups is 2. The van der Waals surface area contributed by atoms with E-state index >= 15 is 0 Å². The first-order chi connectivity index (χ1) is 13.3. The van der Waals surface area contributed by atoms with Gasteiger partial charge in [0, 0.05) is 23.5 Å². The maximum absolute atomic E-state index is 13.0. The fourth-order valence-electron chi connectivity index (χ4n) is 3.05. The van der Waals surface area contributed by atoms with Gasteiger partial charge in [-0.05, 0) is 61.7 Å². The maximum Gasteiger partial charge on any atom is 0.319 e. The van der Waals surface area contributed by atoms with E-state index in [1.54, 1.807) is 6.92 Å². The Bertz CT molecular complexity index is 996. The first-order valence-electron chi connectivity index (χ1n) is 8.67. The molecule has 0 aliphatic carbocycles. The third kappa shape index (κ3) is 3.85. The molecule has 8 nitrogen and oxygen atoms in total. The second-order valence-electron chi connectivity index (χ2n) is 6.67. The van der Waals surface area contributed by atoms with Gasteiger partial charge in [-0.15, -0.1) is 0 Å². The van der Waals surface area contributed by atoms with Crippen molar-refractivity contribution >= 4 is 23.3 Å². The van der Waals surface area contributed by atoms with Crippen LogP contribution in [0.2, 0.25) is 0 Å². The van der Waals surface area contributed by atoms with Crippen molar-refractivity contribution in [3.05, 3.63) is 80.5 Å². The molecule has 3 rings (SSSR count). The van der Waals surface area contributed by atoms with Gasteiger partial charge in [0.25, 0.3) is 11.6 Å². The Morgan fingerprint density at radius 1 is 1.07 bits per heavy atom. The zero-order chi connectivity index (χ0) is 20.4. The molecule has 0 saturated heterocycles. The van der Waals surface area contributed by atoms with Gasteiger partial charge >= 0.3 is 6.03 Å². The maximum atomic E-state index is 13.0. The van der Waals surface area contributed by atoms with E-state index in [2.05, 4.69) is 16.0 Å². The Morgan fingerprint density at radius 2 is 1.75 bits per heavy atom. The summed E-state index contributed by atoms with van der Waals surface area (Å²) in [5.41, 5.74) is 4.08. The van der Waals surface area contributed by atoms with Crippen LogP contribution in [-0.2, 0) is 4.79 Å². The van der Waals surface area contributed by atoms with Crippen LogP contribution < -0.4 is 16.0 Å². The first kappa shape index (κ1) is 19.1. The van der Waals surface area contributed by atoms with Crippen LogP contribution in [0.15, 0.2) is 53.7 Å². The number of rotatable bonds is 4. The third-order valence-corrected chi connectivity index (χ3v) is 4.72. The quantitative estimate of drug-likeness (QED) is 0.556. The molecule has 2 aromatic rings. The lowest BCUT2D eigenvalue weighted by Gasteiger charge is -2.28. The fraction of sp³-hybridized carbons (Fsp3) is 0.200. The minimum atomic E-state index is -0.721. The van der Waals surface area contributed by atoms with Gasteiger partial charge in [-0.25, -0.2) is 4.79 Å². The topological polar surface area (TPSA) is 113 Å². The number of anilines is 1. The summed E-state index contributed by atoms with van der Waals surface area (Å²) >= 11 is 0. The van der Waals surface area contributed by atoms with Crippen LogP contribution in [0.3, 0.4) is 0 Å². The summed E-state index contributed by atoms with van der Waals surface area (Å²) in [4.78, 5) is 35.3. The summed E-state index contributed by atoms with van der Waals surface area (Å²) in [5, 5.41) is 19.0. The lowest BCUT2D eigenvalue weighted by atomic mass is 9.94. The molecule has 1 atom stereocenters. The van der Waals surface area contributed by atoms with Gasteiger partial charge in [0.1, 0.15) is 0 Å². The highest BCUT2D eigenvalue weighted by atomic mass is 16.6. The average Bonchev–Trinajstić information content (AvgIpc) is 2.64. The predicted octanol–water partition coefficient (Wildman–Crippen LogP) is 3.48. The number of urea groups is 1. The summed E-state index contributed by atoms with van der Waals surface area (Å²) in [6.45, 7) is 5.59. The van der Waals surface area contributed by atoms with Gasteiger partial charge in [0.05, 0.1) is 16.5 Å². The highest BCUT2D eigenvalue weighted by Crippen LogP contribution is 2.29. The van der Waals surface area contributed by atoms with Gasteiger partial charge in [-0.3, -0.25) is 14.9 Å². The van der Waals surface area contributed by atoms with Crippen LogP contribution in [0.4, 0.5) is 16.2 Å². The third-order valence-electron chi connectivity index (χ3n) is 4.72. The molecule has 8 heteroatoms. The Morgan fingerprint density at radius 3 is 2.36 bits per heavy atom. The Labute approximate surface area is 161 Å². The zero-order valence-electron chi connectivity index (χ0n) is 15.7. The van der Waals surface area contributed by atoms with Gasteiger partial charge in [0.2, 0.25) is 0 Å². The number of hydrogen-bond acceptors (Lipinski definition) is 4. The van der Waals surface area contributed by atoms with Crippen LogP contribution in [0.1, 0.15) is 29.7 Å². The molecule has 0 aromatic heterocycles. The van der Waals surface area contributed by atoms with Crippen LogP contribution in [0.25, 0.3) is 0 Å². The minimum Gasteiger partial charge on any atom is -0.327 e. The summed E-state index contributed by atoms with van der Waals surface area (Å²) < 4.78 is 0. The first-order valence-corrected chi connectivity index (χ1v) is 8.67. The normalized spacial score (nSPS) is 16.2. The molecule has 2 aromatic carbocycles. The predicted molar refractivity (Wildman–Crippen MR) is 105 cm³/mol. The standard InChI is InChI=1S/C20H20N4O4/c1-11-4-7-15(10-12(11)2)22-19(25)17-13(3)21-20(26)23-18(17)14-5-8-16(9-6-14)24(27)28/h4-10,18H,1-3H3,(H,22,25)(H2,21,23,26)/t18-/m1/s1. The van der Waals surface area contributed by atoms with Gasteiger partial charge in [0.15, 0.2) is 0 Å². The van der Waals surface area contributed by atoms with Crippen LogP contribution in [0, 0.1) is 24.0 Å². The summed E-state index contributed by atoms with van der Waals surface area (Å²) in [5.74, 6) is -0.364. The average molecular weight is 380 g/mol. The van der Waals surface area contributed by atoms with Crippen molar-refractivity contribution in [1.82, 2.24) is 10.6 Å². The fourth-order valence-corrected chi connectivity index (χ4v) is 3.05. The number of aryl methyl sites for hydroxylation is 2. The molecule has 0 radical (unpaired) electrons. The van der Waals surface area contributed by atoms with E-state index in [9.17, 15) is 19.7 Å². The molecular weight excluding hydrogens is 360 g/mol. The molecule has 144 valence electrons. The van der Waals surface area contributed by atoms with E-state index < -0.39 is 17.0 Å².